The Morgan fingerprint density at radius 3 is 1.69 bits per heavy atom. The molecule has 0 fully saturated rings. The SMILES string of the molecule is c1cc(B2c3ccccc3Cc3ccccc32)cc(-c2cccc3c2sc2c(-n4c5ccc6ccccc6c5c5c6ccccc6ccc54)cccc23)c1. The predicted octanol–water partition coefficient (Wildman–Crippen LogP) is 11.5. The van der Waals surface area contributed by atoms with Crippen LogP contribution in [0.4, 0.5) is 0 Å². The van der Waals surface area contributed by atoms with E-state index in [1.54, 1.807) is 0 Å². The number of nitrogens with zero attached hydrogens (tertiary/aromatic N) is 1. The molecule has 0 radical (unpaired) electrons. The van der Waals surface area contributed by atoms with E-state index in [9.17, 15) is 0 Å². The van der Waals surface area contributed by atoms with Gasteiger partial charge < -0.3 is 4.57 Å². The second kappa shape index (κ2) is 11.5. The van der Waals surface area contributed by atoms with E-state index in [2.05, 4.69) is 187 Å². The lowest BCUT2D eigenvalue weighted by Gasteiger charge is -2.27. The Labute approximate surface area is 317 Å². The molecule has 3 heterocycles. The summed E-state index contributed by atoms with van der Waals surface area (Å²) in [7, 11) is 0. The molecule has 1 aliphatic heterocycles. The van der Waals surface area contributed by atoms with Crippen LogP contribution in [0, 0.1) is 0 Å². The van der Waals surface area contributed by atoms with Gasteiger partial charge in [-0.3, -0.25) is 0 Å². The molecule has 0 saturated carbocycles. The topological polar surface area (TPSA) is 4.93 Å². The van der Waals surface area contributed by atoms with Crippen LogP contribution in [0.5, 0.6) is 0 Å². The van der Waals surface area contributed by atoms with Crippen molar-refractivity contribution in [2.75, 3.05) is 0 Å². The maximum atomic E-state index is 2.53. The minimum Gasteiger partial charge on any atom is -0.308 e. The van der Waals surface area contributed by atoms with Gasteiger partial charge in [-0.1, -0.05) is 180 Å². The molecule has 9 aromatic carbocycles. The van der Waals surface area contributed by atoms with Crippen LogP contribution in [-0.4, -0.2) is 11.3 Å². The van der Waals surface area contributed by atoms with E-state index in [1.165, 1.54) is 108 Å². The second-order valence-corrected chi connectivity index (χ2v) is 15.8. The Bertz CT molecular complexity index is 3190. The van der Waals surface area contributed by atoms with Crippen molar-refractivity contribution in [3.63, 3.8) is 0 Å². The molecule has 0 saturated heterocycles. The first-order chi connectivity index (χ1) is 26.8. The van der Waals surface area contributed by atoms with Crippen molar-refractivity contribution >= 4 is 98.0 Å². The van der Waals surface area contributed by atoms with E-state index < -0.39 is 0 Å². The van der Waals surface area contributed by atoms with Gasteiger partial charge in [0.05, 0.1) is 21.4 Å². The molecule has 0 spiro atoms. The van der Waals surface area contributed by atoms with Crippen LogP contribution in [0.3, 0.4) is 0 Å². The van der Waals surface area contributed by atoms with E-state index in [0.29, 0.717) is 0 Å². The summed E-state index contributed by atoms with van der Waals surface area (Å²) >= 11 is 1.93. The smallest absolute Gasteiger partial charge is 0.241 e. The van der Waals surface area contributed by atoms with Gasteiger partial charge in [0.15, 0.2) is 0 Å². The number of hydrogen-bond acceptors (Lipinski definition) is 1. The Hall–Kier alpha value is -6.42. The lowest BCUT2D eigenvalue weighted by Crippen LogP contribution is -2.56. The first kappa shape index (κ1) is 30.1. The third-order valence-corrected chi connectivity index (χ3v) is 13.2. The first-order valence-corrected chi connectivity index (χ1v) is 19.7. The summed E-state index contributed by atoms with van der Waals surface area (Å²) in [6, 6.07) is 68.0. The normalized spacial score (nSPS) is 12.7. The summed E-state index contributed by atoms with van der Waals surface area (Å²) in [5.41, 5.74) is 13.3. The number of fused-ring (bicyclic) bond motifs is 12. The molecule has 0 bridgehead atoms. The third kappa shape index (κ3) is 4.28. The van der Waals surface area contributed by atoms with Crippen LogP contribution < -0.4 is 16.4 Å². The number of thiophene rings is 1. The van der Waals surface area contributed by atoms with Crippen molar-refractivity contribution in [2.45, 2.75) is 6.42 Å². The fourth-order valence-electron chi connectivity index (χ4n) is 9.59. The Balaban J connectivity index is 1.09. The maximum absolute atomic E-state index is 2.53. The fraction of sp³-hybridized carbons (Fsp3) is 0.0196. The van der Waals surface area contributed by atoms with Crippen LogP contribution in [0.1, 0.15) is 11.1 Å². The van der Waals surface area contributed by atoms with Crippen molar-refractivity contribution in [3.8, 4) is 16.8 Å². The molecule has 1 nitrogen and oxygen atoms in total. The zero-order valence-electron chi connectivity index (χ0n) is 29.5. The molecule has 54 heavy (non-hydrogen) atoms. The van der Waals surface area contributed by atoms with E-state index in [1.807, 2.05) is 11.3 Å². The molecular weight excluding hydrogens is 669 g/mol. The summed E-state index contributed by atoms with van der Waals surface area (Å²) in [5.74, 6) is 0. The molecule has 12 rings (SSSR count). The number of hydrogen-bond donors (Lipinski definition) is 0. The summed E-state index contributed by atoms with van der Waals surface area (Å²) in [4.78, 5) is 0. The van der Waals surface area contributed by atoms with E-state index in [-0.39, 0.29) is 6.71 Å². The van der Waals surface area contributed by atoms with Crippen molar-refractivity contribution in [1.82, 2.24) is 4.57 Å². The largest absolute Gasteiger partial charge is 0.308 e. The molecule has 11 aromatic rings. The Kier molecular flexibility index (Phi) is 6.43. The molecule has 1 aliphatic rings. The van der Waals surface area contributed by atoms with Gasteiger partial charge in [0, 0.05) is 26.2 Å². The Morgan fingerprint density at radius 2 is 1.00 bits per heavy atom. The number of benzene rings is 9. The highest BCUT2D eigenvalue weighted by Crippen LogP contribution is 2.46. The van der Waals surface area contributed by atoms with Gasteiger partial charge in [-0.2, -0.15) is 0 Å². The Morgan fingerprint density at radius 1 is 0.444 bits per heavy atom. The van der Waals surface area contributed by atoms with Crippen LogP contribution in [0.2, 0.25) is 0 Å². The van der Waals surface area contributed by atoms with Crippen LogP contribution >= 0.6 is 11.3 Å². The standard InChI is InChI=1S/C51H32BNS/c1-5-18-38-32(12-1)26-28-45-48(38)49-39-19-6-2-13-33(39)27-29-46(49)53(45)47-25-11-22-42-41-21-10-20-40(50(41)54-51(42)47)34-16-9-17-37(31-34)52-43-23-7-3-14-35(43)30-36-15-4-8-24-44(36)52/h1-29,31H,30H2. The number of aromatic nitrogens is 1. The van der Waals surface area contributed by atoms with E-state index in [0.717, 1.165) is 6.42 Å². The van der Waals surface area contributed by atoms with Crippen LogP contribution in [0.15, 0.2) is 182 Å². The van der Waals surface area contributed by atoms with Crippen LogP contribution in [-0.2, 0) is 6.42 Å². The molecule has 0 N–H and O–H groups in total. The highest BCUT2D eigenvalue weighted by molar-refractivity contribution is 7.26. The zero-order chi connectivity index (χ0) is 35.3. The molecule has 2 aromatic heterocycles. The van der Waals surface area contributed by atoms with E-state index in [4.69, 9.17) is 0 Å². The molecule has 0 unspecified atom stereocenters. The van der Waals surface area contributed by atoms with Gasteiger partial charge >= 0.3 is 0 Å². The van der Waals surface area contributed by atoms with Crippen molar-refractivity contribution < 1.29 is 0 Å². The minimum absolute atomic E-state index is 0.210. The summed E-state index contributed by atoms with van der Waals surface area (Å²) in [6.07, 6.45) is 0.990. The lowest BCUT2D eigenvalue weighted by atomic mass is 9.33. The maximum Gasteiger partial charge on any atom is 0.241 e. The van der Waals surface area contributed by atoms with E-state index >= 15 is 0 Å². The zero-order valence-corrected chi connectivity index (χ0v) is 30.3. The molecule has 250 valence electrons. The number of rotatable bonds is 3. The third-order valence-electron chi connectivity index (χ3n) is 11.9. The molecule has 3 heteroatoms. The van der Waals surface area contributed by atoms with Gasteiger partial charge in [-0.05, 0) is 68.4 Å². The highest BCUT2D eigenvalue weighted by atomic mass is 32.1. The van der Waals surface area contributed by atoms with Crippen molar-refractivity contribution in [3.05, 3.63) is 193 Å². The van der Waals surface area contributed by atoms with Crippen molar-refractivity contribution in [1.29, 1.82) is 0 Å². The molecule has 0 aliphatic carbocycles. The van der Waals surface area contributed by atoms with Crippen LogP contribution in [0.25, 0.3) is 80.3 Å². The summed E-state index contributed by atoms with van der Waals surface area (Å²) in [6.45, 7) is 0.210. The highest BCUT2D eigenvalue weighted by Gasteiger charge is 2.30. The van der Waals surface area contributed by atoms with Gasteiger partial charge in [0.1, 0.15) is 0 Å². The van der Waals surface area contributed by atoms with Crippen molar-refractivity contribution in [2.24, 2.45) is 0 Å². The fourth-order valence-corrected chi connectivity index (χ4v) is 10.9. The average Bonchev–Trinajstić information content (AvgIpc) is 3.79. The minimum atomic E-state index is 0.210. The van der Waals surface area contributed by atoms with Gasteiger partial charge in [-0.15, -0.1) is 11.3 Å². The summed E-state index contributed by atoms with van der Waals surface area (Å²) < 4.78 is 5.17. The lowest BCUT2D eigenvalue weighted by molar-refractivity contribution is 1.20. The summed E-state index contributed by atoms with van der Waals surface area (Å²) in [5, 5.41) is 10.4. The van der Waals surface area contributed by atoms with Gasteiger partial charge in [0.2, 0.25) is 6.71 Å². The molecule has 0 amide bonds. The quantitative estimate of drug-likeness (QED) is 0.162. The second-order valence-electron chi connectivity index (χ2n) is 14.8. The monoisotopic (exact) mass is 701 g/mol. The van der Waals surface area contributed by atoms with Gasteiger partial charge in [0.25, 0.3) is 0 Å². The predicted molar refractivity (Wildman–Crippen MR) is 234 cm³/mol. The first-order valence-electron chi connectivity index (χ1n) is 18.8. The average molecular weight is 702 g/mol. The molecule has 0 atom stereocenters. The molecular formula is C51H32BNS. The van der Waals surface area contributed by atoms with Gasteiger partial charge in [-0.25, -0.2) is 0 Å².